The highest BCUT2D eigenvalue weighted by Gasteiger charge is 2.15. The van der Waals surface area contributed by atoms with Crippen LogP contribution in [-0.4, -0.2) is 27.7 Å². The molecule has 0 aliphatic rings. The first-order valence-corrected chi connectivity index (χ1v) is 8.08. The van der Waals surface area contributed by atoms with Crippen LogP contribution in [0.25, 0.3) is 16.6 Å². The van der Waals surface area contributed by atoms with E-state index in [2.05, 4.69) is 25.9 Å². The molecular formula is C18H12BrN3O3. The lowest BCUT2D eigenvalue weighted by atomic mass is 10.2. The Hall–Kier alpha value is -3.11. The van der Waals surface area contributed by atoms with E-state index in [4.69, 9.17) is 4.74 Å². The first-order chi connectivity index (χ1) is 12.1. The van der Waals surface area contributed by atoms with Crippen molar-refractivity contribution in [3.8, 4) is 6.07 Å². The van der Waals surface area contributed by atoms with Gasteiger partial charge < -0.3 is 14.8 Å². The van der Waals surface area contributed by atoms with E-state index in [1.165, 1.54) is 0 Å². The Balaban J connectivity index is 1.80. The average Bonchev–Trinajstić information content (AvgIpc) is 3.03. The standard InChI is InChI=1S/C18H12BrN3O3/c19-12-5-3-4-11(8-12)18(24)25-10-16(23)13(9-20)17-21-14-6-1-2-7-15(14)22-17/h1-8,23H,10H2,(H,21,22)/b16-13-. The van der Waals surface area contributed by atoms with Crippen molar-refractivity contribution in [1.82, 2.24) is 9.97 Å². The molecule has 0 fully saturated rings. The maximum absolute atomic E-state index is 12.0. The van der Waals surface area contributed by atoms with Crippen LogP contribution in [-0.2, 0) is 4.74 Å². The molecule has 3 rings (SSSR count). The average molecular weight is 398 g/mol. The van der Waals surface area contributed by atoms with Crippen LogP contribution in [0, 0.1) is 11.3 Å². The molecule has 0 saturated heterocycles. The number of aliphatic hydroxyl groups is 1. The molecule has 124 valence electrons. The van der Waals surface area contributed by atoms with Crippen molar-refractivity contribution in [1.29, 1.82) is 5.26 Å². The van der Waals surface area contributed by atoms with Crippen molar-refractivity contribution in [2.75, 3.05) is 6.61 Å². The van der Waals surface area contributed by atoms with Gasteiger partial charge in [0.25, 0.3) is 0 Å². The third kappa shape index (κ3) is 3.70. The minimum Gasteiger partial charge on any atom is -0.507 e. The summed E-state index contributed by atoms with van der Waals surface area (Å²) in [6.45, 7) is -0.425. The lowest BCUT2D eigenvalue weighted by Gasteiger charge is -2.06. The van der Waals surface area contributed by atoms with Crippen molar-refractivity contribution >= 4 is 38.5 Å². The molecule has 0 amide bonds. The molecule has 25 heavy (non-hydrogen) atoms. The van der Waals surface area contributed by atoms with Crippen LogP contribution in [0.5, 0.6) is 0 Å². The number of hydrogen-bond acceptors (Lipinski definition) is 5. The number of esters is 1. The number of nitriles is 1. The van der Waals surface area contributed by atoms with Gasteiger partial charge in [-0.15, -0.1) is 0 Å². The fourth-order valence-electron chi connectivity index (χ4n) is 2.23. The fraction of sp³-hybridized carbons (Fsp3) is 0.0556. The summed E-state index contributed by atoms with van der Waals surface area (Å²) in [5, 5.41) is 19.5. The molecule has 6 nitrogen and oxygen atoms in total. The number of carbonyl (C=O) groups excluding carboxylic acids is 1. The van der Waals surface area contributed by atoms with Crippen LogP contribution in [0.4, 0.5) is 0 Å². The number of allylic oxidation sites excluding steroid dienone is 1. The largest absolute Gasteiger partial charge is 0.507 e. The number of benzene rings is 2. The summed E-state index contributed by atoms with van der Waals surface area (Å²) >= 11 is 3.27. The Morgan fingerprint density at radius 2 is 2.08 bits per heavy atom. The van der Waals surface area contributed by atoms with Gasteiger partial charge in [-0.25, -0.2) is 9.78 Å². The lowest BCUT2D eigenvalue weighted by molar-refractivity contribution is 0.0502. The molecule has 1 heterocycles. The number of aromatic amines is 1. The maximum atomic E-state index is 12.0. The van der Waals surface area contributed by atoms with E-state index >= 15 is 0 Å². The third-order valence-corrected chi connectivity index (χ3v) is 3.92. The van der Waals surface area contributed by atoms with E-state index < -0.39 is 12.6 Å². The van der Waals surface area contributed by atoms with E-state index in [1.54, 1.807) is 30.3 Å². The number of nitrogens with one attached hydrogen (secondary N) is 1. The number of aromatic nitrogens is 2. The number of fused-ring (bicyclic) bond motifs is 1. The summed E-state index contributed by atoms with van der Waals surface area (Å²) in [4.78, 5) is 19.2. The van der Waals surface area contributed by atoms with Crippen molar-refractivity contribution in [3.05, 3.63) is 70.2 Å². The van der Waals surface area contributed by atoms with Crippen LogP contribution >= 0.6 is 15.9 Å². The monoisotopic (exact) mass is 397 g/mol. The molecule has 0 bridgehead atoms. The van der Waals surface area contributed by atoms with Crippen LogP contribution in [0.1, 0.15) is 16.2 Å². The molecule has 0 spiro atoms. The summed E-state index contributed by atoms with van der Waals surface area (Å²) < 4.78 is 5.80. The van der Waals surface area contributed by atoms with Crippen LogP contribution < -0.4 is 0 Å². The highest BCUT2D eigenvalue weighted by atomic mass is 79.9. The first-order valence-electron chi connectivity index (χ1n) is 7.28. The van der Waals surface area contributed by atoms with Gasteiger partial charge in [0.1, 0.15) is 18.2 Å². The number of carbonyl (C=O) groups is 1. The van der Waals surface area contributed by atoms with E-state index in [0.717, 1.165) is 9.99 Å². The van der Waals surface area contributed by atoms with Gasteiger partial charge in [-0.1, -0.05) is 34.1 Å². The Morgan fingerprint density at radius 1 is 1.28 bits per heavy atom. The number of hydrogen-bond donors (Lipinski definition) is 2. The molecule has 7 heteroatoms. The number of rotatable bonds is 4. The molecule has 0 aliphatic carbocycles. The molecule has 0 saturated carbocycles. The number of para-hydroxylation sites is 2. The minimum absolute atomic E-state index is 0.0711. The predicted molar refractivity (Wildman–Crippen MR) is 95.7 cm³/mol. The second-order valence-corrected chi connectivity index (χ2v) is 6.04. The Bertz CT molecular complexity index is 985. The van der Waals surface area contributed by atoms with Crippen LogP contribution in [0.3, 0.4) is 0 Å². The van der Waals surface area contributed by atoms with Gasteiger partial charge in [-0.05, 0) is 30.3 Å². The molecule has 1 aromatic heterocycles. The summed E-state index contributed by atoms with van der Waals surface area (Å²) in [7, 11) is 0. The summed E-state index contributed by atoms with van der Waals surface area (Å²) in [5.74, 6) is -0.751. The Labute approximate surface area is 151 Å². The van der Waals surface area contributed by atoms with Gasteiger partial charge in [0.15, 0.2) is 11.6 Å². The second-order valence-electron chi connectivity index (χ2n) is 5.12. The molecule has 0 radical (unpaired) electrons. The fourth-order valence-corrected chi connectivity index (χ4v) is 2.63. The highest BCUT2D eigenvalue weighted by molar-refractivity contribution is 9.10. The molecule has 0 aliphatic heterocycles. The quantitative estimate of drug-likeness (QED) is 0.394. The number of nitrogens with zero attached hydrogens (tertiary/aromatic N) is 2. The Morgan fingerprint density at radius 3 is 2.80 bits per heavy atom. The van der Waals surface area contributed by atoms with Crippen LogP contribution in [0.15, 0.2) is 58.8 Å². The first kappa shape index (κ1) is 16.7. The zero-order valence-corrected chi connectivity index (χ0v) is 14.4. The van der Waals surface area contributed by atoms with Gasteiger partial charge in [0, 0.05) is 4.47 Å². The number of halogens is 1. The highest BCUT2D eigenvalue weighted by Crippen LogP contribution is 2.19. The van der Waals surface area contributed by atoms with E-state index in [1.807, 2.05) is 24.3 Å². The van der Waals surface area contributed by atoms with E-state index in [0.29, 0.717) is 11.1 Å². The summed E-state index contributed by atoms with van der Waals surface area (Å²) in [6.07, 6.45) is 0. The van der Waals surface area contributed by atoms with Crippen molar-refractivity contribution in [2.24, 2.45) is 0 Å². The number of ether oxygens (including phenoxy) is 1. The van der Waals surface area contributed by atoms with Gasteiger partial charge in [-0.2, -0.15) is 5.26 Å². The zero-order chi connectivity index (χ0) is 17.8. The topological polar surface area (TPSA) is 99.0 Å². The Kier molecular flexibility index (Phi) is 4.82. The minimum atomic E-state index is -0.602. The maximum Gasteiger partial charge on any atom is 0.338 e. The zero-order valence-electron chi connectivity index (χ0n) is 12.9. The smallest absolute Gasteiger partial charge is 0.338 e. The molecule has 0 unspecified atom stereocenters. The predicted octanol–water partition coefficient (Wildman–Crippen LogP) is 3.98. The molecule has 3 aromatic rings. The van der Waals surface area contributed by atoms with Gasteiger partial charge in [0.2, 0.25) is 0 Å². The van der Waals surface area contributed by atoms with Crippen LogP contribution in [0.2, 0.25) is 0 Å². The SMILES string of the molecule is N#C/C(=C(/O)COC(=O)c1cccc(Br)c1)c1nc2ccccc2[nH]1. The summed E-state index contributed by atoms with van der Waals surface area (Å²) in [5.41, 5.74) is 1.68. The van der Waals surface area contributed by atoms with Crippen molar-refractivity contribution in [3.63, 3.8) is 0 Å². The normalized spacial score (nSPS) is 11.7. The van der Waals surface area contributed by atoms with E-state index in [9.17, 15) is 15.2 Å². The summed E-state index contributed by atoms with van der Waals surface area (Å²) in [6, 6.07) is 15.8. The number of imidazole rings is 1. The van der Waals surface area contributed by atoms with Crippen molar-refractivity contribution in [2.45, 2.75) is 0 Å². The number of H-pyrrole nitrogens is 1. The molecule has 2 aromatic carbocycles. The van der Waals surface area contributed by atoms with Gasteiger partial charge in [-0.3, -0.25) is 0 Å². The molecule has 0 atom stereocenters. The lowest BCUT2D eigenvalue weighted by Crippen LogP contribution is -2.09. The number of aliphatic hydroxyl groups excluding tert-OH is 1. The van der Waals surface area contributed by atoms with Gasteiger partial charge in [0.05, 0.1) is 16.6 Å². The second kappa shape index (κ2) is 7.20. The van der Waals surface area contributed by atoms with Crippen molar-refractivity contribution < 1.29 is 14.6 Å². The van der Waals surface area contributed by atoms with E-state index in [-0.39, 0.29) is 17.2 Å². The third-order valence-electron chi connectivity index (χ3n) is 3.43. The molecule has 2 N–H and O–H groups in total. The van der Waals surface area contributed by atoms with Gasteiger partial charge >= 0.3 is 5.97 Å². The molecular weight excluding hydrogens is 386 g/mol.